The molecule has 0 aliphatic heterocycles. The molecule has 3 nitrogen and oxygen atoms in total. The Morgan fingerprint density at radius 1 is 1.00 bits per heavy atom. The van der Waals surface area contributed by atoms with Crippen molar-refractivity contribution in [2.45, 2.75) is 12.6 Å². The Labute approximate surface area is 135 Å². The van der Waals surface area contributed by atoms with Gasteiger partial charge >= 0.3 is 0 Å². The molecule has 0 aliphatic carbocycles. The highest BCUT2D eigenvalue weighted by molar-refractivity contribution is 6.30. The van der Waals surface area contributed by atoms with Gasteiger partial charge in [-0.25, -0.2) is 0 Å². The molecule has 1 N–H and O–H groups in total. The number of hydrogen-bond acceptors (Lipinski definition) is 3. The molecule has 0 unspecified atom stereocenters. The fourth-order valence-corrected chi connectivity index (χ4v) is 2.55. The molecule has 2 heterocycles. The van der Waals surface area contributed by atoms with Gasteiger partial charge in [0, 0.05) is 30.2 Å². The van der Waals surface area contributed by atoms with Crippen LogP contribution in [0.15, 0.2) is 73.2 Å². The van der Waals surface area contributed by atoms with E-state index in [4.69, 9.17) is 11.6 Å². The zero-order valence-corrected chi connectivity index (χ0v) is 12.7. The van der Waals surface area contributed by atoms with Crippen molar-refractivity contribution in [3.63, 3.8) is 0 Å². The average molecular weight is 310 g/mol. The minimum Gasteiger partial charge on any atom is -0.301 e. The summed E-state index contributed by atoms with van der Waals surface area (Å²) in [6.07, 6.45) is 5.44. The summed E-state index contributed by atoms with van der Waals surface area (Å²) in [6.45, 7) is 0.710. The lowest BCUT2D eigenvalue weighted by molar-refractivity contribution is 0.591. The molecule has 110 valence electrons. The van der Waals surface area contributed by atoms with Crippen molar-refractivity contribution in [1.82, 2.24) is 15.3 Å². The summed E-state index contributed by atoms with van der Waals surface area (Å²) in [7, 11) is 0. The van der Waals surface area contributed by atoms with E-state index in [2.05, 4.69) is 21.4 Å². The Bertz CT molecular complexity index is 717. The second-order valence-corrected chi connectivity index (χ2v) is 5.42. The lowest BCUT2D eigenvalue weighted by Gasteiger charge is -2.19. The third-order valence-electron chi connectivity index (χ3n) is 3.40. The van der Waals surface area contributed by atoms with Crippen molar-refractivity contribution in [1.29, 1.82) is 0 Å². The van der Waals surface area contributed by atoms with Gasteiger partial charge in [0.05, 0.1) is 11.7 Å². The van der Waals surface area contributed by atoms with E-state index in [9.17, 15) is 0 Å². The third kappa shape index (κ3) is 3.70. The highest BCUT2D eigenvalue weighted by atomic mass is 35.5. The summed E-state index contributed by atoms with van der Waals surface area (Å²) in [4.78, 5) is 8.62. The monoisotopic (exact) mass is 309 g/mol. The lowest BCUT2D eigenvalue weighted by Crippen LogP contribution is -2.23. The molecule has 0 saturated heterocycles. The van der Waals surface area contributed by atoms with Crippen LogP contribution >= 0.6 is 11.6 Å². The summed E-state index contributed by atoms with van der Waals surface area (Å²) < 4.78 is 0. The van der Waals surface area contributed by atoms with E-state index < -0.39 is 0 Å². The van der Waals surface area contributed by atoms with Gasteiger partial charge in [-0.1, -0.05) is 35.9 Å². The molecular weight excluding hydrogens is 294 g/mol. The number of hydrogen-bond donors (Lipinski definition) is 1. The molecule has 0 spiro atoms. The Balaban J connectivity index is 1.86. The van der Waals surface area contributed by atoms with Gasteiger partial charge in [-0.05, 0) is 41.5 Å². The average Bonchev–Trinajstić information content (AvgIpc) is 2.57. The van der Waals surface area contributed by atoms with Gasteiger partial charge in [-0.3, -0.25) is 9.97 Å². The van der Waals surface area contributed by atoms with Crippen molar-refractivity contribution in [3.05, 3.63) is 95.0 Å². The highest BCUT2D eigenvalue weighted by Gasteiger charge is 2.15. The Morgan fingerprint density at radius 2 is 1.95 bits per heavy atom. The van der Waals surface area contributed by atoms with Crippen molar-refractivity contribution >= 4 is 11.6 Å². The molecule has 1 aromatic carbocycles. The summed E-state index contributed by atoms with van der Waals surface area (Å²) in [6, 6.07) is 17.8. The first-order valence-corrected chi connectivity index (χ1v) is 7.49. The number of nitrogens with one attached hydrogen (secondary N) is 1. The van der Waals surface area contributed by atoms with Gasteiger partial charge in [-0.15, -0.1) is 0 Å². The molecule has 3 aromatic rings. The second-order valence-electron chi connectivity index (χ2n) is 4.98. The molecule has 0 radical (unpaired) electrons. The van der Waals surface area contributed by atoms with E-state index in [0.717, 1.165) is 21.8 Å². The molecule has 2 aromatic heterocycles. The quantitative estimate of drug-likeness (QED) is 0.774. The largest absolute Gasteiger partial charge is 0.301 e. The van der Waals surface area contributed by atoms with Gasteiger partial charge in [0.1, 0.15) is 0 Å². The number of halogens is 1. The first-order valence-electron chi connectivity index (χ1n) is 7.11. The van der Waals surface area contributed by atoms with Gasteiger partial charge in [-0.2, -0.15) is 0 Å². The van der Waals surface area contributed by atoms with E-state index in [0.29, 0.717) is 6.54 Å². The van der Waals surface area contributed by atoms with Crippen molar-refractivity contribution < 1.29 is 0 Å². The maximum absolute atomic E-state index is 6.14. The highest BCUT2D eigenvalue weighted by Crippen LogP contribution is 2.23. The lowest BCUT2D eigenvalue weighted by atomic mass is 10.0. The van der Waals surface area contributed by atoms with Crippen LogP contribution in [-0.2, 0) is 6.54 Å². The Hall–Kier alpha value is -2.23. The van der Waals surface area contributed by atoms with E-state index in [1.807, 2.05) is 54.7 Å². The maximum atomic E-state index is 6.14. The SMILES string of the molecule is Clc1cccc([C@H](NCc2cccnc2)c2ccccn2)c1. The summed E-state index contributed by atoms with van der Waals surface area (Å²) >= 11 is 6.14. The number of benzene rings is 1. The molecule has 0 bridgehead atoms. The van der Waals surface area contributed by atoms with E-state index in [-0.39, 0.29) is 6.04 Å². The van der Waals surface area contributed by atoms with Gasteiger partial charge in [0.15, 0.2) is 0 Å². The topological polar surface area (TPSA) is 37.8 Å². The van der Waals surface area contributed by atoms with Gasteiger partial charge in [0.25, 0.3) is 0 Å². The predicted octanol–water partition coefficient (Wildman–Crippen LogP) is 4.01. The first-order chi connectivity index (χ1) is 10.8. The Kier molecular flexibility index (Phi) is 4.78. The minimum absolute atomic E-state index is 0.0138. The first kappa shape index (κ1) is 14.7. The molecule has 3 rings (SSSR count). The molecule has 4 heteroatoms. The van der Waals surface area contributed by atoms with Crippen molar-refractivity contribution in [3.8, 4) is 0 Å². The van der Waals surface area contributed by atoms with Gasteiger partial charge in [0.2, 0.25) is 0 Å². The van der Waals surface area contributed by atoms with Crippen molar-refractivity contribution in [2.24, 2.45) is 0 Å². The zero-order chi connectivity index (χ0) is 15.2. The number of rotatable bonds is 5. The standard InChI is InChI=1S/C18H16ClN3/c19-16-7-3-6-15(11-16)18(17-8-1-2-10-21-17)22-13-14-5-4-9-20-12-14/h1-12,18,22H,13H2/t18-/m0/s1. The molecule has 1 atom stereocenters. The molecule has 0 amide bonds. The van der Waals surface area contributed by atoms with Crippen LogP contribution in [0.2, 0.25) is 5.02 Å². The summed E-state index contributed by atoms with van der Waals surface area (Å²) in [5.74, 6) is 0. The fraction of sp³-hybridized carbons (Fsp3) is 0.111. The summed E-state index contributed by atoms with van der Waals surface area (Å²) in [5.41, 5.74) is 3.19. The molecular formula is C18H16ClN3. The van der Waals surface area contributed by atoms with E-state index >= 15 is 0 Å². The van der Waals surface area contributed by atoms with E-state index in [1.165, 1.54) is 0 Å². The number of pyridine rings is 2. The maximum Gasteiger partial charge on any atom is 0.0754 e. The van der Waals surface area contributed by atoms with Crippen LogP contribution in [0.5, 0.6) is 0 Å². The third-order valence-corrected chi connectivity index (χ3v) is 3.63. The van der Waals surface area contributed by atoms with Crippen molar-refractivity contribution in [2.75, 3.05) is 0 Å². The van der Waals surface area contributed by atoms with Crippen LogP contribution < -0.4 is 5.32 Å². The van der Waals surface area contributed by atoms with Crippen LogP contribution in [0.1, 0.15) is 22.9 Å². The van der Waals surface area contributed by atoms with Crippen LogP contribution in [0.4, 0.5) is 0 Å². The van der Waals surface area contributed by atoms with Crippen LogP contribution in [-0.4, -0.2) is 9.97 Å². The van der Waals surface area contributed by atoms with Crippen LogP contribution in [0.25, 0.3) is 0 Å². The predicted molar refractivity (Wildman–Crippen MR) is 88.6 cm³/mol. The number of nitrogens with zero attached hydrogens (tertiary/aromatic N) is 2. The van der Waals surface area contributed by atoms with Gasteiger partial charge < -0.3 is 5.32 Å². The molecule has 0 aliphatic rings. The fourth-order valence-electron chi connectivity index (χ4n) is 2.35. The Morgan fingerprint density at radius 3 is 2.68 bits per heavy atom. The van der Waals surface area contributed by atoms with E-state index in [1.54, 1.807) is 12.4 Å². The summed E-state index contributed by atoms with van der Waals surface area (Å²) in [5, 5.41) is 4.26. The normalized spacial score (nSPS) is 12.0. The number of aromatic nitrogens is 2. The zero-order valence-electron chi connectivity index (χ0n) is 12.0. The van der Waals surface area contributed by atoms with Crippen LogP contribution in [0, 0.1) is 0 Å². The smallest absolute Gasteiger partial charge is 0.0754 e. The molecule has 0 fully saturated rings. The second kappa shape index (κ2) is 7.16. The minimum atomic E-state index is -0.0138. The van der Waals surface area contributed by atoms with Crippen LogP contribution in [0.3, 0.4) is 0 Å². The molecule has 0 saturated carbocycles. The molecule has 22 heavy (non-hydrogen) atoms.